The van der Waals surface area contributed by atoms with Crippen molar-refractivity contribution in [3.8, 4) is 0 Å². The second-order valence-electron chi connectivity index (χ2n) is 5.40. The average molecular weight is 278 g/mol. The van der Waals surface area contributed by atoms with Crippen LogP contribution < -0.4 is 0 Å². The Balaban J connectivity index is 2.05. The molecule has 4 heteroatoms. The number of hydrogen-bond acceptors (Lipinski definition) is 3. The Hall–Kier alpha value is -1.13. The summed E-state index contributed by atoms with van der Waals surface area (Å²) in [7, 11) is -1.73. The van der Waals surface area contributed by atoms with Gasteiger partial charge in [-0.1, -0.05) is 30.4 Å². The van der Waals surface area contributed by atoms with Crippen molar-refractivity contribution in [3.05, 3.63) is 42.5 Å². The van der Waals surface area contributed by atoms with Crippen LogP contribution in [0.25, 0.3) is 0 Å². The molecule has 19 heavy (non-hydrogen) atoms. The Morgan fingerprint density at radius 1 is 1.26 bits per heavy atom. The second kappa shape index (κ2) is 4.46. The quantitative estimate of drug-likeness (QED) is 0.798. The summed E-state index contributed by atoms with van der Waals surface area (Å²) < 4.78 is 31.3. The van der Waals surface area contributed by atoms with Crippen LogP contribution in [-0.4, -0.2) is 26.4 Å². The van der Waals surface area contributed by atoms with E-state index in [1.807, 2.05) is 12.1 Å². The van der Waals surface area contributed by atoms with Gasteiger partial charge >= 0.3 is 0 Å². The number of sulfone groups is 1. The molecule has 1 aromatic rings. The van der Waals surface area contributed by atoms with Crippen LogP contribution in [0, 0.1) is 5.92 Å². The highest BCUT2D eigenvalue weighted by Crippen LogP contribution is 2.46. The van der Waals surface area contributed by atoms with Gasteiger partial charge in [0.1, 0.15) is 5.60 Å². The van der Waals surface area contributed by atoms with Crippen molar-refractivity contribution in [2.24, 2.45) is 5.92 Å². The fourth-order valence-electron chi connectivity index (χ4n) is 3.29. The number of ether oxygens (including phenoxy) is 1. The van der Waals surface area contributed by atoms with Crippen LogP contribution in [0.15, 0.2) is 47.4 Å². The van der Waals surface area contributed by atoms with E-state index in [4.69, 9.17) is 4.74 Å². The number of methoxy groups -OCH3 is 1. The first-order chi connectivity index (χ1) is 9.08. The zero-order valence-corrected chi connectivity index (χ0v) is 11.8. The average Bonchev–Trinajstić information content (AvgIpc) is 2.49. The molecule has 0 aromatic heterocycles. The fourth-order valence-corrected chi connectivity index (χ4v) is 5.48. The van der Waals surface area contributed by atoms with Crippen LogP contribution in [-0.2, 0) is 14.6 Å². The lowest BCUT2D eigenvalue weighted by atomic mass is 9.72. The molecule has 102 valence electrons. The molecule has 0 heterocycles. The van der Waals surface area contributed by atoms with Crippen molar-refractivity contribution in [1.82, 2.24) is 0 Å². The summed E-state index contributed by atoms with van der Waals surface area (Å²) in [5, 5.41) is -0.462. The SMILES string of the molecule is CO[C@@]12C=C[C@H](CC1)C[C@@H]2S(=O)(=O)c1ccccc1. The maximum atomic E-state index is 12.8. The molecule has 2 bridgehead atoms. The summed E-state index contributed by atoms with van der Waals surface area (Å²) in [6.07, 6.45) is 6.56. The third kappa shape index (κ3) is 1.94. The van der Waals surface area contributed by atoms with E-state index < -0.39 is 20.7 Å². The summed E-state index contributed by atoms with van der Waals surface area (Å²) >= 11 is 0. The highest BCUT2D eigenvalue weighted by Gasteiger charge is 2.51. The second-order valence-corrected chi connectivity index (χ2v) is 7.53. The largest absolute Gasteiger partial charge is 0.373 e. The first kappa shape index (κ1) is 12.9. The van der Waals surface area contributed by atoms with Gasteiger partial charge in [-0.2, -0.15) is 0 Å². The smallest absolute Gasteiger partial charge is 0.184 e. The first-order valence-electron chi connectivity index (χ1n) is 6.62. The molecule has 1 aromatic carbocycles. The van der Waals surface area contributed by atoms with Gasteiger partial charge in [0.2, 0.25) is 0 Å². The molecule has 0 aliphatic heterocycles. The first-order valence-corrected chi connectivity index (χ1v) is 8.16. The Bertz CT molecular complexity index is 591. The molecule has 3 nitrogen and oxygen atoms in total. The minimum absolute atomic E-state index is 0.375. The Kier molecular flexibility index (Phi) is 3.02. The van der Waals surface area contributed by atoms with Crippen LogP contribution in [0.4, 0.5) is 0 Å². The van der Waals surface area contributed by atoms with Crippen molar-refractivity contribution in [2.75, 3.05) is 7.11 Å². The minimum Gasteiger partial charge on any atom is -0.373 e. The number of allylic oxidation sites excluding steroid dienone is 1. The molecule has 0 unspecified atom stereocenters. The molecule has 0 saturated heterocycles. The predicted molar refractivity (Wildman–Crippen MR) is 73.6 cm³/mol. The molecule has 0 N–H and O–H groups in total. The van der Waals surface area contributed by atoms with Gasteiger partial charge in [0.05, 0.1) is 10.1 Å². The van der Waals surface area contributed by atoms with E-state index in [0.717, 1.165) is 12.8 Å². The van der Waals surface area contributed by atoms with Crippen molar-refractivity contribution in [2.45, 2.75) is 35.0 Å². The molecular formula is C15H18O3S. The van der Waals surface area contributed by atoms with Crippen molar-refractivity contribution in [1.29, 1.82) is 0 Å². The van der Waals surface area contributed by atoms with Gasteiger partial charge in [-0.25, -0.2) is 8.42 Å². The van der Waals surface area contributed by atoms with E-state index >= 15 is 0 Å². The topological polar surface area (TPSA) is 43.4 Å². The molecule has 0 amide bonds. The molecular weight excluding hydrogens is 260 g/mol. The van der Waals surface area contributed by atoms with Crippen LogP contribution in [0.5, 0.6) is 0 Å². The summed E-state index contributed by atoms with van der Waals surface area (Å²) in [6, 6.07) is 8.71. The third-order valence-electron chi connectivity index (χ3n) is 4.44. The number of benzene rings is 1. The Morgan fingerprint density at radius 3 is 2.58 bits per heavy atom. The van der Waals surface area contributed by atoms with Crippen molar-refractivity contribution >= 4 is 9.84 Å². The molecule has 3 atom stereocenters. The van der Waals surface area contributed by atoms with Gasteiger partial charge in [-0.15, -0.1) is 0 Å². The van der Waals surface area contributed by atoms with E-state index in [2.05, 4.69) is 6.08 Å². The van der Waals surface area contributed by atoms with Crippen LogP contribution in [0.2, 0.25) is 0 Å². The normalized spacial score (nSPS) is 33.5. The van der Waals surface area contributed by atoms with E-state index in [9.17, 15) is 8.42 Å². The van der Waals surface area contributed by atoms with Gasteiger partial charge in [-0.3, -0.25) is 0 Å². The Morgan fingerprint density at radius 2 is 2.00 bits per heavy atom. The summed E-state index contributed by atoms with van der Waals surface area (Å²) in [5.74, 6) is 0.375. The highest BCUT2D eigenvalue weighted by atomic mass is 32.2. The maximum absolute atomic E-state index is 12.8. The lowest BCUT2D eigenvalue weighted by Gasteiger charge is -2.46. The number of hydrogen-bond donors (Lipinski definition) is 0. The maximum Gasteiger partial charge on any atom is 0.184 e. The van der Waals surface area contributed by atoms with Gasteiger partial charge in [-0.05, 0) is 37.3 Å². The summed E-state index contributed by atoms with van der Waals surface area (Å²) in [4.78, 5) is 0.400. The number of rotatable bonds is 3. The lowest BCUT2D eigenvalue weighted by molar-refractivity contribution is -0.0107. The van der Waals surface area contributed by atoms with Crippen molar-refractivity contribution in [3.63, 3.8) is 0 Å². The van der Waals surface area contributed by atoms with Crippen LogP contribution in [0.3, 0.4) is 0 Å². The van der Waals surface area contributed by atoms with E-state index in [1.165, 1.54) is 0 Å². The van der Waals surface area contributed by atoms with E-state index in [-0.39, 0.29) is 0 Å². The summed E-state index contributed by atoms with van der Waals surface area (Å²) in [5.41, 5.74) is -0.635. The molecule has 3 aliphatic carbocycles. The van der Waals surface area contributed by atoms with Gasteiger partial charge < -0.3 is 4.74 Å². The van der Waals surface area contributed by atoms with Crippen molar-refractivity contribution < 1.29 is 13.2 Å². The number of fused-ring (bicyclic) bond motifs is 2. The summed E-state index contributed by atoms with van der Waals surface area (Å²) in [6.45, 7) is 0. The Labute approximate surface area is 114 Å². The van der Waals surface area contributed by atoms with E-state index in [1.54, 1.807) is 31.4 Å². The van der Waals surface area contributed by atoms with Gasteiger partial charge in [0, 0.05) is 7.11 Å². The molecule has 0 spiro atoms. The lowest BCUT2D eigenvalue weighted by Crippen LogP contribution is -2.53. The standard InChI is InChI=1S/C15H18O3S/c1-18-15-9-7-12(8-10-15)11-14(15)19(16,17)13-5-3-2-4-6-13/h2-7,9,12,14H,8,10-11H2,1H3/t12-,14+,15+/m1/s1. The zero-order valence-electron chi connectivity index (χ0n) is 11.0. The van der Waals surface area contributed by atoms with Crippen LogP contribution in [0.1, 0.15) is 19.3 Å². The molecule has 3 aliphatic rings. The highest BCUT2D eigenvalue weighted by molar-refractivity contribution is 7.92. The molecule has 4 rings (SSSR count). The van der Waals surface area contributed by atoms with Gasteiger partial charge in [0.15, 0.2) is 9.84 Å². The molecule has 0 radical (unpaired) electrons. The molecule has 1 fully saturated rings. The zero-order chi connectivity index (χ0) is 13.5. The fraction of sp³-hybridized carbons (Fsp3) is 0.467. The molecule has 1 saturated carbocycles. The van der Waals surface area contributed by atoms with Crippen LogP contribution >= 0.6 is 0 Å². The van der Waals surface area contributed by atoms with E-state index in [0.29, 0.717) is 17.2 Å². The van der Waals surface area contributed by atoms with Gasteiger partial charge in [0.25, 0.3) is 0 Å². The predicted octanol–water partition coefficient (Wildman–Crippen LogP) is 2.58. The monoisotopic (exact) mass is 278 g/mol. The minimum atomic E-state index is -3.34. The third-order valence-corrected chi connectivity index (χ3v) is 6.71.